The number of carboxylic acids is 1. The highest BCUT2D eigenvalue weighted by atomic mass is 79.9. The summed E-state index contributed by atoms with van der Waals surface area (Å²) >= 11 is 4.50. The summed E-state index contributed by atoms with van der Waals surface area (Å²) in [6.07, 6.45) is 0. The van der Waals surface area contributed by atoms with Gasteiger partial charge in [0, 0.05) is 21.7 Å². The first kappa shape index (κ1) is 20.7. The Labute approximate surface area is 162 Å². The van der Waals surface area contributed by atoms with Crippen molar-refractivity contribution in [2.75, 3.05) is 18.9 Å². The Bertz CT molecular complexity index is 875. The summed E-state index contributed by atoms with van der Waals surface area (Å²) in [7, 11) is -3.60. The van der Waals surface area contributed by atoms with E-state index in [1.54, 1.807) is 18.2 Å². The van der Waals surface area contributed by atoms with Crippen molar-refractivity contribution in [3.05, 3.63) is 52.8 Å². The first-order valence-electron chi connectivity index (χ1n) is 7.30. The van der Waals surface area contributed by atoms with Gasteiger partial charge in [-0.15, -0.1) is 11.8 Å². The van der Waals surface area contributed by atoms with Crippen LogP contribution in [0.1, 0.15) is 0 Å². The molecule has 10 heteroatoms. The highest BCUT2D eigenvalue weighted by Crippen LogP contribution is 2.25. The largest absolute Gasteiger partial charge is 0.479 e. The summed E-state index contributed by atoms with van der Waals surface area (Å²) in [5.74, 6) is -1.62. The molecule has 2 N–H and O–H groups in total. The fourth-order valence-corrected chi connectivity index (χ4v) is 4.09. The predicted octanol–water partition coefficient (Wildman–Crippen LogP) is 3.12. The number of rotatable bonds is 9. The highest BCUT2D eigenvalue weighted by Gasteiger charge is 2.13. The van der Waals surface area contributed by atoms with Crippen LogP contribution < -0.4 is 9.46 Å². The Morgan fingerprint density at radius 1 is 1.23 bits per heavy atom. The van der Waals surface area contributed by atoms with Crippen LogP contribution in [0, 0.1) is 5.82 Å². The molecule has 0 fully saturated rings. The first-order chi connectivity index (χ1) is 12.3. The fraction of sp³-hybridized carbons (Fsp3) is 0.188. The molecule has 0 amide bonds. The Hall–Kier alpha value is -1.62. The molecule has 0 saturated heterocycles. The number of benzene rings is 2. The minimum Gasteiger partial charge on any atom is -0.479 e. The lowest BCUT2D eigenvalue weighted by Gasteiger charge is -2.08. The maximum atomic E-state index is 13.8. The minimum atomic E-state index is -3.60. The number of sulfonamides is 1. The third-order valence-corrected chi connectivity index (χ3v) is 6.04. The van der Waals surface area contributed by atoms with E-state index in [4.69, 9.17) is 9.84 Å². The smallest absolute Gasteiger partial charge is 0.341 e. The number of hydrogen-bond acceptors (Lipinski definition) is 5. The molecule has 140 valence electrons. The molecule has 0 unspecified atom stereocenters. The minimum absolute atomic E-state index is 0.146. The zero-order valence-electron chi connectivity index (χ0n) is 13.3. The molecule has 0 aliphatic carbocycles. The highest BCUT2D eigenvalue weighted by molar-refractivity contribution is 9.10. The number of carbonyl (C=O) groups is 1. The number of halogens is 2. The lowest BCUT2D eigenvalue weighted by atomic mass is 10.3. The monoisotopic (exact) mass is 463 g/mol. The van der Waals surface area contributed by atoms with Crippen LogP contribution in [0.5, 0.6) is 5.75 Å². The van der Waals surface area contributed by atoms with E-state index in [0.717, 1.165) is 4.47 Å². The zero-order valence-corrected chi connectivity index (χ0v) is 16.5. The van der Waals surface area contributed by atoms with E-state index in [0.29, 0.717) is 10.6 Å². The summed E-state index contributed by atoms with van der Waals surface area (Å²) in [6.45, 7) is -0.455. The van der Waals surface area contributed by atoms with Crippen molar-refractivity contribution in [2.45, 2.75) is 9.79 Å². The van der Waals surface area contributed by atoms with Gasteiger partial charge in [0.1, 0.15) is 0 Å². The molecule has 0 atom stereocenters. The van der Waals surface area contributed by atoms with Gasteiger partial charge in [-0.1, -0.05) is 15.9 Å². The van der Waals surface area contributed by atoms with Crippen LogP contribution in [0.3, 0.4) is 0 Å². The summed E-state index contributed by atoms with van der Waals surface area (Å²) < 4.78 is 46.1. The van der Waals surface area contributed by atoms with E-state index in [2.05, 4.69) is 20.7 Å². The third-order valence-electron chi connectivity index (χ3n) is 3.04. The van der Waals surface area contributed by atoms with Crippen molar-refractivity contribution < 1.29 is 27.4 Å². The molecule has 2 rings (SSSR count). The standard InChI is InChI=1S/C16H15BrFNO5S2/c17-11-1-4-13(5-2-11)26(22,23)19-7-8-25-12-3-6-15(14(18)9-12)24-10-16(20)21/h1-6,9,19H,7-8,10H2,(H,20,21). The van der Waals surface area contributed by atoms with Crippen LogP contribution in [-0.2, 0) is 14.8 Å². The summed E-state index contributed by atoms with van der Waals surface area (Å²) in [4.78, 5) is 11.2. The third kappa shape index (κ3) is 6.27. The molecule has 0 aliphatic heterocycles. The Kier molecular flexibility index (Phi) is 7.44. The van der Waals surface area contributed by atoms with Gasteiger partial charge < -0.3 is 9.84 Å². The van der Waals surface area contributed by atoms with Crippen LogP contribution in [0.25, 0.3) is 0 Å². The molecular formula is C16H15BrFNO5S2. The van der Waals surface area contributed by atoms with E-state index in [-0.39, 0.29) is 17.2 Å². The van der Waals surface area contributed by atoms with Crippen LogP contribution in [0.2, 0.25) is 0 Å². The van der Waals surface area contributed by atoms with Crippen molar-refractivity contribution in [3.8, 4) is 5.75 Å². The maximum Gasteiger partial charge on any atom is 0.341 e. The number of nitrogens with one attached hydrogen (secondary N) is 1. The molecular weight excluding hydrogens is 449 g/mol. The predicted molar refractivity (Wildman–Crippen MR) is 99.6 cm³/mol. The van der Waals surface area contributed by atoms with Crippen LogP contribution in [0.4, 0.5) is 4.39 Å². The van der Waals surface area contributed by atoms with E-state index >= 15 is 0 Å². The molecule has 2 aromatic rings. The zero-order chi connectivity index (χ0) is 19.2. The molecule has 0 aromatic heterocycles. The van der Waals surface area contributed by atoms with Crippen molar-refractivity contribution in [3.63, 3.8) is 0 Å². The molecule has 0 spiro atoms. The van der Waals surface area contributed by atoms with E-state index in [9.17, 15) is 17.6 Å². The Balaban J connectivity index is 1.85. The summed E-state index contributed by atoms with van der Waals surface area (Å²) in [5, 5.41) is 8.52. The second-order valence-corrected chi connectivity index (χ2v) is 8.83. The number of thioether (sulfide) groups is 1. The molecule has 26 heavy (non-hydrogen) atoms. The topological polar surface area (TPSA) is 92.7 Å². The molecule has 0 bridgehead atoms. The molecule has 0 aliphatic rings. The molecule has 6 nitrogen and oxygen atoms in total. The first-order valence-corrected chi connectivity index (χ1v) is 10.6. The van der Waals surface area contributed by atoms with Crippen molar-refractivity contribution in [1.29, 1.82) is 0 Å². The number of aliphatic carboxylic acids is 1. The number of ether oxygens (including phenoxy) is 1. The second-order valence-electron chi connectivity index (χ2n) is 4.97. The maximum absolute atomic E-state index is 13.8. The van der Waals surface area contributed by atoms with Crippen LogP contribution in [0.15, 0.2) is 56.7 Å². The van der Waals surface area contributed by atoms with Gasteiger partial charge in [-0.25, -0.2) is 22.3 Å². The van der Waals surface area contributed by atoms with Crippen molar-refractivity contribution in [2.24, 2.45) is 0 Å². The van der Waals surface area contributed by atoms with Crippen LogP contribution in [-0.4, -0.2) is 38.4 Å². The summed E-state index contributed by atoms with van der Waals surface area (Å²) in [6, 6.07) is 10.4. The average molecular weight is 464 g/mol. The van der Waals surface area contributed by atoms with E-state index in [1.807, 2.05) is 0 Å². The SMILES string of the molecule is O=C(O)COc1ccc(SCCNS(=O)(=O)c2ccc(Br)cc2)cc1F. The van der Waals surface area contributed by atoms with E-state index in [1.165, 1.54) is 36.0 Å². The molecule has 0 radical (unpaired) electrons. The van der Waals surface area contributed by atoms with Gasteiger partial charge >= 0.3 is 5.97 Å². The van der Waals surface area contributed by atoms with Gasteiger partial charge in [-0.2, -0.15) is 0 Å². The van der Waals surface area contributed by atoms with Gasteiger partial charge in [-0.3, -0.25) is 0 Å². The number of carboxylic acid groups (broad SMARTS) is 1. The average Bonchev–Trinajstić information content (AvgIpc) is 2.58. The lowest BCUT2D eigenvalue weighted by molar-refractivity contribution is -0.139. The fourth-order valence-electron chi connectivity index (χ4n) is 1.87. The van der Waals surface area contributed by atoms with Gasteiger partial charge in [0.25, 0.3) is 0 Å². The quantitative estimate of drug-likeness (QED) is 0.438. The van der Waals surface area contributed by atoms with Gasteiger partial charge in [-0.05, 0) is 42.5 Å². The molecule has 0 saturated carbocycles. The van der Waals surface area contributed by atoms with Crippen LogP contribution >= 0.6 is 27.7 Å². The van der Waals surface area contributed by atoms with E-state index < -0.39 is 28.4 Å². The van der Waals surface area contributed by atoms with Gasteiger partial charge in [0.15, 0.2) is 18.2 Å². The lowest BCUT2D eigenvalue weighted by Crippen LogP contribution is -2.25. The van der Waals surface area contributed by atoms with Crippen molar-refractivity contribution >= 4 is 43.7 Å². The van der Waals surface area contributed by atoms with Crippen molar-refractivity contribution in [1.82, 2.24) is 4.72 Å². The summed E-state index contributed by atoms with van der Waals surface area (Å²) in [5.41, 5.74) is 0. The van der Waals surface area contributed by atoms with Gasteiger partial charge in [0.05, 0.1) is 4.90 Å². The normalized spacial score (nSPS) is 11.3. The Morgan fingerprint density at radius 2 is 1.92 bits per heavy atom. The molecule has 0 heterocycles. The number of hydrogen-bond donors (Lipinski definition) is 2. The Morgan fingerprint density at radius 3 is 2.54 bits per heavy atom. The second kappa shape index (κ2) is 9.36. The van der Waals surface area contributed by atoms with Gasteiger partial charge in [0.2, 0.25) is 10.0 Å². The molecule has 2 aromatic carbocycles.